The van der Waals surface area contributed by atoms with Crippen molar-refractivity contribution in [1.29, 1.82) is 0 Å². The maximum atomic E-state index is 9.89. The molecule has 154 valence electrons. The van der Waals surface area contributed by atoms with E-state index < -0.39 is 74.5 Å². The third-order valence-electron chi connectivity index (χ3n) is 4.60. The summed E-state index contributed by atoms with van der Waals surface area (Å²) in [6.45, 7) is -0.742. The Bertz CT molecular complexity index is 391. The van der Waals surface area contributed by atoms with Crippen LogP contribution in [-0.4, -0.2) is 128 Å². The fourth-order valence-electron chi connectivity index (χ4n) is 2.97. The Balaban J connectivity index is 1.79. The summed E-state index contributed by atoms with van der Waals surface area (Å²) in [5, 5.41) is 82.4. The zero-order valence-electron chi connectivity index (χ0n) is 14.0. The van der Waals surface area contributed by atoms with Crippen molar-refractivity contribution < 1.29 is 50.3 Å². The van der Waals surface area contributed by atoms with Gasteiger partial charge in [0.1, 0.15) is 61.3 Å². The van der Waals surface area contributed by atoms with Gasteiger partial charge in [0.25, 0.3) is 0 Å². The number of ether oxygens (including phenoxy) is 2. The molecule has 0 aromatic heterocycles. The highest BCUT2D eigenvalue weighted by Crippen LogP contribution is 2.20. The van der Waals surface area contributed by atoms with E-state index in [1.54, 1.807) is 0 Å². The second kappa shape index (κ2) is 9.64. The number of aliphatic hydroxyl groups is 8. The fourth-order valence-corrected chi connectivity index (χ4v) is 2.97. The highest BCUT2D eigenvalue weighted by Gasteiger charge is 2.44. The second-order valence-electron chi connectivity index (χ2n) is 6.41. The summed E-state index contributed by atoms with van der Waals surface area (Å²) in [6, 6.07) is 0. The first-order chi connectivity index (χ1) is 12.3. The lowest BCUT2D eigenvalue weighted by Crippen LogP contribution is -2.64. The molecular weight excluding hydrogens is 356 g/mol. The van der Waals surface area contributed by atoms with Gasteiger partial charge in [-0.15, -0.1) is 0 Å². The first-order valence-corrected chi connectivity index (χ1v) is 8.39. The number of hydrogen-bond donors (Lipinski definition) is 10. The maximum absolute atomic E-state index is 9.89. The van der Waals surface area contributed by atoms with E-state index >= 15 is 0 Å². The Morgan fingerprint density at radius 3 is 1.19 bits per heavy atom. The van der Waals surface area contributed by atoms with E-state index in [0.29, 0.717) is 0 Å². The van der Waals surface area contributed by atoms with Crippen LogP contribution in [0.1, 0.15) is 0 Å². The summed E-state index contributed by atoms with van der Waals surface area (Å²) in [6.07, 6.45) is -12.8. The normalized spacial score (nSPS) is 47.1. The molecule has 10 N–H and O–H groups in total. The van der Waals surface area contributed by atoms with Crippen LogP contribution in [-0.2, 0) is 9.47 Å². The van der Waals surface area contributed by atoms with Gasteiger partial charge in [0.05, 0.1) is 13.2 Å². The van der Waals surface area contributed by atoms with E-state index in [0.717, 1.165) is 0 Å². The Kier molecular flexibility index (Phi) is 8.08. The van der Waals surface area contributed by atoms with Gasteiger partial charge in [-0.05, 0) is 0 Å². The zero-order valence-corrected chi connectivity index (χ0v) is 14.0. The average Bonchev–Trinajstić information content (AvgIpc) is 2.64. The number of aliphatic hydroxyl groups excluding tert-OH is 8. The molecule has 26 heavy (non-hydrogen) atoms. The average molecular weight is 384 g/mol. The lowest BCUT2D eigenvalue weighted by Gasteiger charge is -2.41. The van der Waals surface area contributed by atoms with Gasteiger partial charge < -0.3 is 50.3 Å². The van der Waals surface area contributed by atoms with Gasteiger partial charge in [-0.2, -0.15) is 0 Å². The summed E-state index contributed by atoms with van der Waals surface area (Å²) < 4.78 is 10.5. The molecule has 0 aliphatic carbocycles. The molecular formula is C14H28N2O10. The summed E-state index contributed by atoms with van der Waals surface area (Å²) in [5.41, 5.74) is 0. The van der Waals surface area contributed by atoms with Crippen molar-refractivity contribution in [2.75, 3.05) is 26.3 Å². The van der Waals surface area contributed by atoms with Gasteiger partial charge in [-0.1, -0.05) is 0 Å². The van der Waals surface area contributed by atoms with Crippen LogP contribution in [0.3, 0.4) is 0 Å². The zero-order chi connectivity index (χ0) is 19.4. The monoisotopic (exact) mass is 384 g/mol. The summed E-state index contributed by atoms with van der Waals surface area (Å²) >= 11 is 0. The quantitative estimate of drug-likeness (QED) is 0.186. The third kappa shape index (κ3) is 4.67. The van der Waals surface area contributed by atoms with Crippen LogP contribution in [0.25, 0.3) is 0 Å². The van der Waals surface area contributed by atoms with E-state index in [4.69, 9.17) is 19.7 Å². The Hall–Kier alpha value is -0.480. The van der Waals surface area contributed by atoms with Crippen LogP contribution in [0, 0.1) is 0 Å². The molecule has 0 aromatic rings. The molecule has 2 rings (SSSR count). The van der Waals surface area contributed by atoms with Crippen LogP contribution >= 0.6 is 0 Å². The molecule has 0 saturated carbocycles. The fraction of sp³-hybridized carbons (Fsp3) is 1.00. The Morgan fingerprint density at radius 2 is 0.885 bits per heavy atom. The van der Waals surface area contributed by atoms with Crippen LogP contribution in [0.15, 0.2) is 0 Å². The number of hydrogen-bond acceptors (Lipinski definition) is 12. The predicted molar refractivity (Wildman–Crippen MR) is 83.5 cm³/mol. The van der Waals surface area contributed by atoms with Crippen LogP contribution in [0.2, 0.25) is 0 Å². The lowest BCUT2D eigenvalue weighted by molar-refractivity contribution is -0.239. The Morgan fingerprint density at radius 1 is 0.538 bits per heavy atom. The molecule has 0 bridgehead atoms. The molecule has 2 fully saturated rings. The Labute approximate surface area is 149 Å². The minimum atomic E-state index is -1.49. The molecule has 0 amide bonds. The summed E-state index contributed by atoms with van der Waals surface area (Å²) in [7, 11) is 0. The van der Waals surface area contributed by atoms with Crippen LogP contribution < -0.4 is 10.6 Å². The van der Waals surface area contributed by atoms with Crippen molar-refractivity contribution in [2.45, 2.75) is 61.3 Å². The lowest BCUT2D eigenvalue weighted by atomic mass is 9.98. The van der Waals surface area contributed by atoms with Crippen molar-refractivity contribution in [3.63, 3.8) is 0 Å². The van der Waals surface area contributed by atoms with Crippen molar-refractivity contribution in [3.05, 3.63) is 0 Å². The van der Waals surface area contributed by atoms with E-state index in [1.165, 1.54) is 0 Å². The van der Waals surface area contributed by atoms with Gasteiger partial charge in [-0.25, -0.2) is 0 Å². The van der Waals surface area contributed by atoms with Gasteiger partial charge in [0.15, 0.2) is 0 Å². The summed E-state index contributed by atoms with van der Waals surface area (Å²) in [5.74, 6) is 0. The third-order valence-corrected chi connectivity index (χ3v) is 4.60. The SMILES string of the molecule is OC[C@H]1O[C@@H](NCCN[C@@H]2O[C@H](CO)[C@@H](O)[C@H](O)[C@H]2O)[C@H](O)[C@@H](O)[C@@H]1O. The van der Waals surface area contributed by atoms with Crippen LogP contribution in [0.4, 0.5) is 0 Å². The second-order valence-corrected chi connectivity index (χ2v) is 6.41. The van der Waals surface area contributed by atoms with Gasteiger partial charge >= 0.3 is 0 Å². The standard InChI is InChI=1S/C14H28N2O10/c17-3-5-7(19)9(21)11(23)13(25-5)15-1-2-16-14-12(24)10(22)8(20)6(4-18)26-14/h5-24H,1-4H2/t5-,6-,7-,8-,9+,10+,11-,12-,13-,14-/m1/s1. The molecule has 0 spiro atoms. The largest absolute Gasteiger partial charge is 0.394 e. The molecule has 2 aliphatic rings. The summed E-state index contributed by atoms with van der Waals surface area (Å²) in [4.78, 5) is 0. The highest BCUT2D eigenvalue weighted by molar-refractivity contribution is 4.92. The minimum absolute atomic E-state index is 0.164. The minimum Gasteiger partial charge on any atom is -0.394 e. The molecule has 12 heteroatoms. The van der Waals surface area contributed by atoms with Crippen molar-refractivity contribution in [2.24, 2.45) is 0 Å². The van der Waals surface area contributed by atoms with E-state index in [-0.39, 0.29) is 13.1 Å². The van der Waals surface area contributed by atoms with E-state index in [9.17, 15) is 30.6 Å². The molecule has 0 radical (unpaired) electrons. The molecule has 2 saturated heterocycles. The van der Waals surface area contributed by atoms with E-state index in [1.807, 2.05) is 0 Å². The maximum Gasteiger partial charge on any atom is 0.137 e. The number of rotatable bonds is 7. The van der Waals surface area contributed by atoms with Crippen molar-refractivity contribution in [1.82, 2.24) is 10.6 Å². The number of nitrogens with one attached hydrogen (secondary N) is 2. The van der Waals surface area contributed by atoms with Gasteiger partial charge in [0.2, 0.25) is 0 Å². The van der Waals surface area contributed by atoms with Gasteiger partial charge in [0, 0.05) is 13.1 Å². The van der Waals surface area contributed by atoms with Crippen LogP contribution in [0.5, 0.6) is 0 Å². The van der Waals surface area contributed by atoms with Crippen molar-refractivity contribution >= 4 is 0 Å². The van der Waals surface area contributed by atoms with Crippen molar-refractivity contribution in [3.8, 4) is 0 Å². The first kappa shape index (κ1) is 21.8. The van der Waals surface area contributed by atoms with E-state index in [2.05, 4.69) is 10.6 Å². The molecule has 10 atom stereocenters. The predicted octanol–water partition coefficient (Wildman–Crippen LogP) is -6.23. The molecule has 0 aromatic carbocycles. The topological polar surface area (TPSA) is 204 Å². The molecule has 2 aliphatic heterocycles. The molecule has 12 nitrogen and oxygen atoms in total. The molecule has 0 unspecified atom stereocenters. The smallest absolute Gasteiger partial charge is 0.137 e. The molecule has 2 heterocycles. The highest BCUT2D eigenvalue weighted by atomic mass is 16.6. The van der Waals surface area contributed by atoms with Gasteiger partial charge in [-0.3, -0.25) is 10.6 Å². The first-order valence-electron chi connectivity index (χ1n) is 8.39.